The van der Waals surface area contributed by atoms with Crippen LogP contribution < -0.4 is 5.32 Å². The van der Waals surface area contributed by atoms with Crippen LogP contribution in [-0.2, 0) is 0 Å². The van der Waals surface area contributed by atoms with Gasteiger partial charge in [0.2, 0.25) is 17.6 Å². The summed E-state index contributed by atoms with van der Waals surface area (Å²) in [4.78, 5) is 21.3. The molecule has 1 fully saturated rings. The molecule has 5 rings (SSSR count). The largest absolute Gasteiger partial charge is 0.339 e. The summed E-state index contributed by atoms with van der Waals surface area (Å²) < 4.78 is 33.1. The molecule has 0 aliphatic heterocycles. The number of rotatable bonds is 4. The first-order chi connectivity index (χ1) is 14.4. The normalized spacial score (nSPS) is 15.8. The lowest BCUT2D eigenvalue weighted by molar-refractivity contribution is -0.0925. The van der Waals surface area contributed by atoms with E-state index in [-0.39, 0.29) is 24.6 Å². The van der Waals surface area contributed by atoms with Crippen LogP contribution in [0.3, 0.4) is 0 Å². The van der Waals surface area contributed by atoms with E-state index < -0.39 is 11.8 Å². The number of aromatic nitrogens is 4. The molecule has 0 radical (unpaired) electrons. The molecule has 0 saturated heterocycles. The van der Waals surface area contributed by atoms with E-state index in [1.165, 1.54) is 6.20 Å². The van der Waals surface area contributed by atoms with Crippen molar-refractivity contribution in [3.8, 4) is 11.4 Å². The minimum Gasteiger partial charge on any atom is -0.339 e. The summed E-state index contributed by atoms with van der Waals surface area (Å²) in [5.74, 6) is -2.86. The van der Waals surface area contributed by atoms with Crippen molar-refractivity contribution in [2.75, 3.05) is 5.32 Å². The van der Waals surface area contributed by atoms with Crippen LogP contribution in [0.5, 0.6) is 0 Å². The molecule has 1 aliphatic rings. The maximum Gasteiger partial charge on any atom is 0.274 e. The van der Waals surface area contributed by atoms with Gasteiger partial charge in [-0.1, -0.05) is 23.4 Å². The lowest BCUT2D eigenvalue weighted by Crippen LogP contribution is -2.33. The lowest BCUT2D eigenvalue weighted by atomic mass is 9.81. The fourth-order valence-corrected chi connectivity index (χ4v) is 3.54. The van der Waals surface area contributed by atoms with E-state index in [4.69, 9.17) is 4.52 Å². The summed E-state index contributed by atoms with van der Waals surface area (Å²) in [6, 6.07) is 10.8. The van der Waals surface area contributed by atoms with Crippen LogP contribution in [0.4, 0.5) is 14.5 Å². The number of nitrogens with zero attached hydrogens (tertiary/aromatic N) is 4. The van der Waals surface area contributed by atoms with Gasteiger partial charge in [0.1, 0.15) is 11.3 Å². The van der Waals surface area contributed by atoms with Crippen LogP contribution in [-0.4, -0.2) is 31.4 Å². The third-order valence-electron chi connectivity index (χ3n) is 5.27. The monoisotopic (exact) mass is 409 g/mol. The first-order valence-electron chi connectivity index (χ1n) is 9.45. The number of carbonyl (C=O) groups is 1. The molecule has 3 aromatic heterocycles. The maximum absolute atomic E-state index is 13.1. The van der Waals surface area contributed by atoms with Crippen molar-refractivity contribution < 1.29 is 18.1 Å². The molecule has 4 aromatic rings. The molecule has 1 aromatic carbocycles. The number of carbonyl (C=O) groups excluding carboxylic acids is 1. The second kappa shape index (κ2) is 6.72. The van der Waals surface area contributed by atoms with Gasteiger partial charge in [0.25, 0.3) is 5.91 Å². The molecular weight excluding hydrogens is 392 g/mol. The van der Waals surface area contributed by atoms with Gasteiger partial charge in [0.15, 0.2) is 0 Å². The first kappa shape index (κ1) is 18.4. The zero-order valence-electron chi connectivity index (χ0n) is 16.0. The Morgan fingerprint density at radius 2 is 2.10 bits per heavy atom. The Labute approximate surface area is 169 Å². The number of benzene rings is 1. The van der Waals surface area contributed by atoms with Gasteiger partial charge in [0.05, 0.1) is 6.20 Å². The summed E-state index contributed by atoms with van der Waals surface area (Å²) in [6.45, 7) is 1.87. The van der Waals surface area contributed by atoms with Gasteiger partial charge >= 0.3 is 0 Å². The first-order valence-corrected chi connectivity index (χ1v) is 9.45. The Bertz CT molecular complexity index is 1260. The number of halogens is 2. The highest BCUT2D eigenvalue weighted by Gasteiger charge is 2.48. The molecule has 3 heterocycles. The number of aryl methyl sites for hydroxylation is 1. The molecule has 0 spiro atoms. The average Bonchev–Trinajstić information content (AvgIpc) is 3.35. The molecule has 0 unspecified atom stereocenters. The molecule has 1 N–H and O–H groups in total. The van der Waals surface area contributed by atoms with E-state index in [0.717, 1.165) is 5.56 Å². The number of pyridine rings is 1. The quantitative estimate of drug-likeness (QED) is 0.538. The van der Waals surface area contributed by atoms with E-state index in [2.05, 4.69) is 20.4 Å². The number of hydrogen-bond acceptors (Lipinski definition) is 5. The molecule has 1 saturated carbocycles. The lowest BCUT2D eigenvalue weighted by Gasteiger charge is -2.31. The topological polar surface area (TPSA) is 85.3 Å². The molecule has 30 heavy (non-hydrogen) atoms. The predicted octanol–water partition coefficient (Wildman–Crippen LogP) is 4.46. The molecule has 0 atom stereocenters. The maximum atomic E-state index is 13.1. The molecule has 7 nitrogen and oxygen atoms in total. The Morgan fingerprint density at radius 1 is 1.27 bits per heavy atom. The molecular formula is C21H17F2N5O2. The van der Waals surface area contributed by atoms with Crippen LogP contribution in [0.2, 0.25) is 0 Å². The third kappa shape index (κ3) is 3.22. The fraction of sp³-hybridized carbons (Fsp3) is 0.238. The minimum atomic E-state index is -2.65. The number of imidazole rings is 1. The number of alkyl halides is 2. The van der Waals surface area contributed by atoms with Crippen LogP contribution in [0, 0.1) is 6.92 Å². The van der Waals surface area contributed by atoms with Gasteiger partial charge in [0, 0.05) is 36.2 Å². The highest BCUT2D eigenvalue weighted by Crippen LogP contribution is 2.47. The highest BCUT2D eigenvalue weighted by molar-refractivity contribution is 6.04. The van der Waals surface area contributed by atoms with E-state index in [0.29, 0.717) is 28.4 Å². The van der Waals surface area contributed by atoms with Gasteiger partial charge < -0.3 is 9.84 Å². The van der Waals surface area contributed by atoms with Crippen molar-refractivity contribution in [2.24, 2.45) is 0 Å². The smallest absolute Gasteiger partial charge is 0.274 e. The van der Waals surface area contributed by atoms with Gasteiger partial charge in [-0.2, -0.15) is 4.98 Å². The van der Waals surface area contributed by atoms with Crippen LogP contribution in [0.15, 0.2) is 53.3 Å². The average molecular weight is 409 g/mol. The second-order valence-electron chi connectivity index (χ2n) is 7.47. The number of nitrogens with one attached hydrogen (secondary N) is 1. The highest BCUT2D eigenvalue weighted by atomic mass is 19.3. The third-order valence-corrected chi connectivity index (χ3v) is 5.27. The second-order valence-corrected chi connectivity index (χ2v) is 7.47. The zero-order valence-corrected chi connectivity index (χ0v) is 16.0. The predicted molar refractivity (Wildman–Crippen MR) is 105 cm³/mol. The van der Waals surface area contributed by atoms with Crippen molar-refractivity contribution in [3.05, 3.63) is 65.9 Å². The Hall–Kier alpha value is -3.62. The number of amides is 1. The van der Waals surface area contributed by atoms with Crippen molar-refractivity contribution in [1.82, 2.24) is 19.5 Å². The van der Waals surface area contributed by atoms with Crippen molar-refractivity contribution >= 4 is 17.2 Å². The van der Waals surface area contributed by atoms with Gasteiger partial charge in [-0.05, 0) is 30.7 Å². The number of hydrogen-bond donors (Lipinski definition) is 1. The van der Waals surface area contributed by atoms with E-state index in [1.807, 2.05) is 31.2 Å². The van der Waals surface area contributed by atoms with Crippen LogP contribution >= 0.6 is 0 Å². The Kier molecular flexibility index (Phi) is 4.12. The van der Waals surface area contributed by atoms with Crippen LogP contribution in [0.25, 0.3) is 17.0 Å². The van der Waals surface area contributed by atoms with Crippen molar-refractivity contribution in [1.29, 1.82) is 0 Å². The standard InChI is InChI=1S/C21H17F2N5O2/c1-12-5-6-13(18-26-20(30-27-18)14-9-21(22,23)10-14)8-15(12)25-19(29)16-11-24-17-4-2-3-7-28(16)17/h2-8,11,14H,9-10H2,1H3,(H,25,29). The number of anilines is 1. The molecule has 9 heteroatoms. The SMILES string of the molecule is Cc1ccc(-c2noc(C3CC(F)(F)C3)n2)cc1NC(=O)c1cnc2ccccn12. The van der Waals surface area contributed by atoms with E-state index >= 15 is 0 Å². The summed E-state index contributed by atoms with van der Waals surface area (Å²) in [7, 11) is 0. The van der Waals surface area contributed by atoms with E-state index in [9.17, 15) is 13.6 Å². The number of fused-ring (bicyclic) bond motifs is 1. The summed E-state index contributed by atoms with van der Waals surface area (Å²) >= 11 is 0. The molecule has 1 aliphatic carbocycles. The van der Waals surface area contributed by atoms with Crippen LogP contribution in [0.1, 0.15) is 40.7 Å². The Balaban J connectivity index is 1.39. The van der Waals surface area contributed by atoms with E-state index in [1.54, 1.807) is 22.7 Å². The van der Waals surface area contributed by atoms with Crippen molar-refractivity contribution in [3.63, 3.8) is 0 Å². The van der Waals surface area contributed by atoms with Gasteiger partial charge in [-0.15, -0.1) is 0 Å². The molecule has 1 amide bonds. The molecule has 0 bridgehead atoms. The van der Waals surface area contributed by atoms with Gasteiger partial charge in [-0.3, -0.25) is 9.20 Å². The van der Waals surface area contributed by atoms with Gasteiger partial charge in [-0.25, -0.2) is 13.8 Å². The summed E-state index contributed by atoms with van der Waals surface area (Å²) in [5.41, 5.74) is 3.14. The minimum absolute atomic E-state index is 0.216. The Morgan fingerprint density at radius 3 is 2.90 bits per heavy atom. The zero-order chi connectivity index (χ0) is 20.9. The summed E-state index contributed by atoms with van der Waals surface area (Å²) in [6.07, 6.45) is 2.74. The summed E-state index contributed by atoms with van der Waals surface area (Å²) in [5, 5.41) is 6.81. The molecule has 152 valence electrons. The fourth-order valence-electron chi connectivity index (χ4n) is 3.54. The van der Waals surface area contributed by atoms with Crippen molar-refractivity contribution in [2.45, 2.75) is 31.6 Å².